The molecule has 0 radical (unpaired) electrons. The van der Waals surface area contributed by atoms with Gasteiger partial charge >= 0.3 is 0 Å². The summed E-state index contributed by atoms with van der Waals surface area (Å²) < 4.78 is 8.95. The Morgan fingerprint density at radius 2 is 2.10 bits per heavy atom. The van der Waals surface area contributed by atoms with E-state index < -0.39 is 0 Å². The number of unbranched alkanes of at least 4 members (excludes halogenated alkanes) is 1. The van der Waals surface area contributed by atoms with Crippen molar-refractivity contribution in [2.75, 3.05) is 13.2 Å². The van der Waals surface area contributed by atoms with Gasteiger partial charge in [0.2, 0.25) is 5.91 Å². The minimum absolute atomic E-state index is 0.0742. The fourth-order valence-corrected chi connectivity index (χ4v) is 3.90. The fourth-order valence-electron chi connectivity index (χ4n) is 3.90. The van der Waals surface area contributed by atoms with Crippen LogP contribution in [0.25, 0.3) is 22.2 Å². The average Bonchev–Trinajstić information content (AvgIpc) is 3.41. The zero-order chi connectivity index (χ0) is 20.9. The number of nitrogens with zero attached hydrogens (tertiary/aromatic N) is 3. The second-order valence-corrected chi connectivity index (χ2v) is 7.77. The van der Waals surface area contributed by atoms with Gasteiger partial charge in [0.1, 0.15) is 17.6 Å². The maximum atomic E-state index is 13.2. The maximum Gasteiger partial charge on any atom is 0.277 e. The van der Waals surface area contributed by atoms with Crippen molar-refractivity contribution in [2.24, 2.45) is 0 Å². The Morgan fingerprint density at radius 1 is 1.27 bits per heavy atom. The highest BCUT2D eigenvalue weighted by atomic mass is 16.5. The van der Waals surface area contributed by atoms with Crippen LogP contribution in [0.5, 0.6) is 0 Å². The van der Waals surface area contributed by atoms with E-state index in [2.05, 4.69) is 17.2 Å². The molecule has 0 saturated carbocycles. The van der Waals surface area contributed by atoms with Crippen molar-refractivity contribution < 1.29 is 9.53 Å². The Hall–Kier alpha value is -2.93. The summed E-state index contributed by atoms with van der Waals surface area (Å²) in [5.41, 5.74) is 2.82. The number of carbonyl (C=O) groups excluding carboxylic acids is 1. The highest BCUT2D eigenvalue weighted by molar-refractivity contribution is 5.93. The lowest BCUT2D eigenvalue weighted by atomic mass is 10.1. The Kier molecular flexibility index (Phi) is 6.28. The zero-order valence-electron chi connectivity index (χ0n) is 17.3. The summed E-state index contributed by atoms with van der Waals surface area (Å²) in [7, 11) is 0. The Morgan fingerprint density at radius 3 is 2.83 bits per heavy atom. The molecule has 2 aromatic heterocycles. The molecule has 1 atom stereocenters. The zero-order valence-corrected chi connectivity index (χ0v) is 17.3. The fraction of sp³-hybridized carbons (Fsp3) is 0.435. The quantitative estimate of drug-likeness (QED) is 0.622. The highest BCUT2D eigenvalue weighted by Gasteiger charge is 2.19. The van der Waals surface area contributed by atoms with Crippen LogP contribution < -0.4 is 10.9 Å². The van der Waals surface area contributed by atoms with Crippen molar-refractivity contribution >= 4 is 16.9 Å². The minimum atomic E-state index is -0.134. The summed E-state index contributed by atoms with van der Waals surface area (Å²) in [5.74, 6) is -0.134. The molecular weight excluding hydrogens is 380 g/mol. The summed E-state index contributed by atoms with van der Waals surface area (Å²) in [5, 5.41) is 2.94. The molecule has 1 N–H and O–H groups in total. The predicted octanol–water partition coefficient (Wildman–Crippen LogP) is 2.96. The summed E-state index contributed by atoms with van der Waals surface area (Å²) in [4.78, 5) is 30.4. The van der Waals surface area contributed by atoms with E-state index in [9.17, 15) is 9.59 Å². The molecule has 0 unspecified atom stereocenters. The molecule has 158 valence electrons. The molecule has 4 rings (SSSR count). The van der Waals surface area contributed by atoms with Crippen LogP contribution in [-0.4, -0.2) is 39.3 Å². The van der Waals surface area contributed by atoms with Gasteiger partial charge in [0.05, 0.1) is 12.4 Å². The smallest absolute Gasteiger partial charge is 0.277 e. The summed E-state index contributed by atoms with van der Waals surface area (Å²) in [6.07, 6.45) is 7.47. The van der Waals surface area contributed by atoms with Gasteiger partial charge in [-0.05, 0) is 24.8 Å². The van der Waals surface area contributed by atoms with Crippen LogP contribution >= 0.6 is 0 Å². The number of ether oxygens (including phenoxy) is 1. The highest BCUT2D eigenvalue weighted by Crippen LogP contribution is 2.27. The third-order valence-corrected chi connectivity index (χ3v) is 5.54. The van der Waals surface area contributed by atoms with Crippen molar-refractivity contribution in [3.8, 4) is 11.1 Å². The van der Waals surface area contributed by atoms with Crippen LogP contribution in [0.2, 0.25) is 0 Å². The van der Waals surface area contributed by atoms with E-state index >= 15 is 0 Å². The molecule has 3 aromatic rings. The van der Waals surface area contributed by atoms with Gasteiger partial charge in [-0.3, -0.25) is 14.2 Å². The van der Waals surface area contributed by atoms with Gasteiger partial charge in [0.25, 0.3) is 5.56 Å². The molecule has 1 saturated heterocycles. The molecule has 0 spiro atoms. The number of rotatable bonds is 8. The Labute approximate surface area is 175 Å². The number of nitrogens with one attached hydrogen (secondary N) is 1. The number of fused-ring (bicyclic) bond motifs is 1. The lowest BCUT2D eigenvalue weighted by molar-refractivity contribution is -0.122. The maximum absolute atomic E-state index is 13.2. The second-order valence-electron chi connectivity index (χ2n) is 7.77. The summed E-state index contributed by atoms with van der Waals surface area (Å²) in [6.45, 7) is 4.04. The molecule has 7 nitrogen and oxygen atoms in total. The average molecular weight is 409 g/mol. The van der Waals surface area contributed by atoms with Gasteiger partial charge in [-0.1, -0.05) is 43.7 Å². The molecule has 7 heteroatoms. The summed E-state index contributed by atoms with van der Waals surface area (Å²) >= 11 is 0. The molecule has 3 heterocycles. The lowest BCUT2D eigenvalue weighted by Crippen LogP contribution is -2.34. The van der Waals surface area contributed by atoms with E-state index in [-0.39, 0.29) is 24.1 Å². The number of hydrogen-bond donors (Lipinski definition) is 1. The third kappa shape index (κ3) is 4.31. The Balaban J connectivity index is 1.67. The first kappa shape index (κ1) is 20.3. The van der Waals surface area contributed by atoms with Crippen molar-refractivity contribution in [1.29, 1.82) is 0 Å². The first-order valence-electron chi connectivity index (χ1n) is 10.7. The van der Waals surface area contributed by atoms with Crippen LogP contribution in [-0.2, 0) is 22.6 Å². The van der Waals surface area contributed by atoms with Gasteiger partial charge < -0.3 is 14.6 Å². The minimum Gasteiger partial charge on any atom is -0.376 e. The largest absolute Gasteiger partial charge is 0.376 e. The van der Waals surface area contributed by atoms with E-state index in [1.54, 1.807) is 15.5 Å². The monoisotopic (exact) mass is 408 g/mol. The third-order valence-electron chi connectivity index (χ3n) is 5.54. The standard InChI is InChI=1S/C23H28N4O3/c1-2-3-11-26-16-25-21-19(17-8-5-4-6-9-17)14-27(22(21)23(26)29)15-20(28)24-13-18-10-7-12-30-18/h4-6,8-9,14,16,18H,2-3,7,10-13,15H2,1H3,(H,24,28)/t18-/m1/s1. The molecule has 1 aromatic carbocycles. The number of carbonyl (C=O) groups is 1. The van der Waals surface area contributed by atoms with Crippen molar-refractivity contribution in [3.63, 3.8) is 0 Å². The van der Waals surface area contributed by atoms with Crippen molar-refractivity contribution in [1.82, 2.24) is 19.4 Å². The van der Waals surface area contributed by atoms with Gasteiger partial charge in [-0.2, -0.15) is 0 Å². The number of hydrogen-bond acceptors (Lipinski definition) is 4. The van der Waals surface area contributed by atoms with Gasteiger partial charge in [0.15, 0.2) is 0 Å². The number of benzene rings is 1. The van der Waals surface area contributed by atoms with Crippen LogP contribution in [0.3, 0.4) is 0 Å². The molecule has 1 aliphatic heterocycles. The van der Waals surface area contributed by atoms with Crippen LogP contribution in [0.15, 0.2) is 47.7 Å². The molecule has 0 bridgehead atoms. The molecule has 1 fully saturated rings. The first-order valence-corrected chi connectivity index (χ1v) is 10.7. The second kappa shape index (κ2) is 9.26. The van der Waals surface area contributed by atoms with Gasteiger partial charge in [0, 0.05) is 31.5 Å². The number of aromatic nitrogens is 3. The molecule has 1 aliphatic rings. The number of aryl methyl sites for hydroxylation is 1. The van der Waals surface area contributed by atoms with Gasteiger partial charge in [-0.15, -0.1) is 0 Å². The first-order chi connectivity index (χ1) is 14.7. The van der Waals surface area contributed by atoms with Crippen LogP contribution in [0.1, 0.15) is 32.6 Å². The summed E-state index contributed by atoms with van der Waals surface area (Å²) in [6, 6.07) is 9.83. The topological polar surface area (TPSA) is 78.2 Å². The molecule has 0 aliphatic carbocycles. The molecule has 30 heavy (non-hydrogen) atoms. The lowest BCUT2D eigenvalue weighted by Gasteiger charge is -2.11. The predicted molar refractivity (Wildman–Crippen MR) is 116 cm³/mol. The van der Waals surface area contributed by atoms with Gasteiger partial charge in [-0.25, -0.2) is 4.98 Å². The van der Waals surface area contributed by atoms with E-state index in [1.165, 1.54) is 0 Å². The van der Waals surface area contributed by atoms with Crippen LogP contribution in [0.4, 0.5) is 0 Å². The van der Waals surface area contributed by atoms with Crippen LogP contribution in [0, 0.1) is 0 Å². The van der Waals surface area contributed by atoms with E-state index in [0.717, 1.165) is 43.4 Å². The normalized spacial score (nSPS) is 16.2. The Bertz CT molecular complexity index is 1070. The number of amides is 1. The van der Waals surface area contributed by atoms with E-state index in [4.69, 9.17) is 4.74 Å². The van der Waals surface area contributed by atoms with E-state index in [0.29, 0.717) is 24.1 Å². The molecular formula is C23H28N4O3. The van der Waals surface area contributed by atoms with E-state index in [1.807, 2.05) is 36.5 Å². The molecule has 1 amide bonds. The van der Waals surface area contributed by atoms with Crippen molar-refractivity contribution in [3.05, 3.63) is 53.2 Å². The SMILES string of the molecule is CCCCn1cnc2c(-c3ccccc3)cn(CC(=O)NC[C@H]3CCCO3)c2c1=O. The van der Waals surface area contributed by atoms with Crippen molar-refractivity contribution in [2.45, 2.75) is 51.8 Å².